The molecular weight excluding hydrogens is 266 g/mol. The smallest absolute Gasteiger partial charge is 0.248 e. The largest absolute Gasteiger partial charge is 0.545 e. The van der Waals surface area contributed by atoms with E-state index in [1.807, 2.05) is 0 Å². The highest BCUT2D eigenvalue weighted by atomic mass is 16.7. The van der Waals surface area contributed by atoms with Crippen LogP contribution < -0.4 is 19.9 Å². The molecular formula is C13H10NO6-. The fourth-order valence-electron chi connectivity index (χ4n) is 1.65. The molecule has 1 aliphatic heterocycles. The number of ketones is 1. The average molecular weight is 276 g/mol. The predicted octanol–water partition coefficient (Wildman–Crippen LogP) is -0.138. The number of anilines is 1. The van der Waals surface area contributed by atoms with Gasteiger partial charge in [0, 0.05) is 17.7 Å². The van der Waals surface area contributed by atoms with Crippen LogP contribution in [0, 0.1) is 0 Å². The summed E-state index contributed by atoms with van der Waals surface area (Å²) in [6.07, 6.45) is 1.39. The van der Waals surface area contributed by atoms with Crippen molar-refractivity contribution in [2.75, 3.05) is 12.1 Å². The maximum absolute atomic E-state index is 11.5. The number of fused-ring (bicyclic) bond motifs is 1. The Morgan fingerprint density at radius 3 is 2.45 bits per heavy atom. The highest BCUT2D eigenvalue weighted by Crippen LogP contribution is 2.37. The standard InChI is InChI=1S/C13H11NO6/c1-7(15)8-4-10-11(20-6-19-10)5-9(8)14-12(16)2-3-13(17)18/h2-5H,6H2,1H3,(H,14,16)(H,17,18)/p-1/b3-2+. The van der Waals surface area contributed by atoms with Gasteiger partial charge >= 0.3 is 0 Å². The number of benzene rings is 1. The van der Waals surface area contributed by atoms with Gasteiger partial charge in [0.1, 0.15) is 0 Å². The molecule has 1 N–H and O–H groups in total. The molecule has 20 heavy (non-hydrogen) atoms. The molecule has 2 rings (SSSR count). The summed E-state index contributed by atoms with van der Waals surface area (Å²) in [4.78, 5) is 33.3. The van der Waals surface area contributed by atoms with Crippen LogP contribution in [-0.2, 0) is 9.59 Å². The molecule has 1 aliphatic rings. The minimum atomic E-state index is -1.49. The maximum Gasteiger partial charge on any atom is 0.248 e. The molecule has 1 amide bonds. The summed E-state index contributed by atoms with van der Waals surface area (Å²) in [5, 5.41) is 12.6. The molecule has 7 nitrogen and oxygen atoms in total. The minimum absolute atomic E-state index is 0.0364. The molecule has 1 aromatic rings. The van der Waals surface area contributed by atoms with Crippen molar-refractivity contribution in [1.82, 2.24) is 0 Å². The monoisotopic (exact) mass is 276 g/mol. The van der Waals surface area contributed by atoms with Crippen molar-refractivity contribution in [3.8, 4) is 11.5 Å². The number of carbonyl (C=O) groups excluding carboxylic acids is 3. The summed E-state index contributed by atoms with van der Waals surface area (Å²) in [7, 11) is 0. The highest BCUT2D eigenvalue weighted by molar-refractivity contribution is 6.08. The predicted molar refractivity (Wildman–Crippen MR) is 65.3 cm³/mol. The zero-order valence-corrected chi connectivity index (χ0v) is 10.5. The molecule has 1 heterocycles. The van der Waals surface area contributed by atoms with Crippen LogP contribution in [0.15, 0.2) is 24.3 Å². The molecule has 0 aromatic heterocycles. The lowest BCUT2D eigenvalue weighted by molar-refractivity contribution is -0.297. The number of Topliss-reactive ketones (excluding diaryl/α,β-unsaturated/α-hetero) is 1. The van der Waals surface area contributed by atoms with E-state index in [2.05, 4.69) is 5.32 Å². The van der Waals surface area contributed by atoms with Crippen LogP contribution in [0.25, 0.3) is 0 Å². The number of ether oxygens (including phenoxy) is 2. The third-order valence-electron chi connectivity index (χ3n) is 2.52. The lowest BCUT2D eigenvalue weighted by Gasteiger charge is -2.09. The summed E-state index contributed by atoms with van der Waals surface area (Å²) < 4.78 is 10.3. The molecule has 0 saturated heterocycles. The first-order chi connectivity index (χ1) is 9.47. The van der Waals surface area contributed by atoms with Crippen LogP contribution >= 0.6 is 0 Å². The SMILES string of the molecule is CC(=O)c1cc2c(cc1NC(=O)/C=C/C(=O)[O-])OCO2. The number of hydrogen-bond acceptors (Lipinski definition) is 6. The molecule has 1 aromatic carbocycles. The van der Waals surface area contributed by atoms with E-state index in [0.717, 1.165) is 6.08 Å². The normalized spacial score (nSPS) is 12.4. The number of carboxylic acids is 1. The summed E-state index contributed by atoms with van der Waals surface area (Å²) in [6, 6.07) is 2.91. The maximum atomic E-state index is 11.5. The van der Waals surface area contributed by atoms with E-state index in [1.54, 1.807) is 0 Å². The molecule has 7 heteroatoms. The number of rotatable bonds is 4. The zero-order chi connectivity index (χ0) is 14.7. The Labute approximate surface area is 113 Å². The first kappa shape index (κ1) is 13.6. The summed E-state index contributed by atoms with van der Waals surface area (Å²) in [5.74, 6) is -1.65. The quantitative estimate of drug-likeness (QED) is 0.606. The molecule has 104 valence electrons. The summed E-state index contributed by atoms with van der Waals surface area (Å²) in [5.41, 5.74) is 0.458. The van der Waals surface area contributed by atoms with Crippen molar-refractivity contribution >= 4 is 23.3 Å². The van der Waals surface area contributed by atoms with Gasteiger partial charge in [0.15, 0.2) is 17.3 Å². The molecule has 0 atom stereocenters. The average Bonchev–Trinajstić information content (AvgIpc) is 2.82. The molecule has 0 fully saturated rings. The number of nitrogens with one attached hydrogen (secondary N) is 1. The van der Waals surface area contributed by atoms with E-state index in [0.29, 0.717) is 17.6 Å². The van der Waals surface area contributed by atoms with Crippen LogP contribution in [0.2, 0.25) is 0 Å². The minimum Gasteiger partial charge on any atom is -0.545 e. The number of carbonyl (C=O) groups is 3. The summed E-state index contributed by atoms with van der Waals surface area (Å²) in [6.45, 7) is 1.37. The Kier molecular flexibility index (Phi) is 3.69. The number of amides is 1. The van der Waals surface area contributed by atoms with E-state index in [4.69, 9.17) is 9.47 Å². The van der Waals surface area contributed by atoms with Crippen molar-refractivity contribution in [3.63, 3.8) is 0 Å². The van der Waals surface area contributed by atoms with Gasteiger partial charge in [-0.1, -0.05) is 0 Å². The summed E-state index contributed by atoms with van der Waals surface area (Å²) >= 11 is 0. The van der Waals surface area contributed by atoms with E-state index < -0.39 is 11.9 Å². The second kappa shape index (κ2) is 5.43. The van der Waals surface area contributed by atoms with Gasteiger partial charge < -0.3 is 24.7 Å². The van der Waals surface area contributed by atoms with Crippen LogP contribution in [0.5, 0.6) is 11.5 Å². The van der Waals surface area contributed by atoms with Crippen molar-refractivity contribution in [1.29, 1.82) is 0 Å². The topological polar surface area (TPSA) is 105 Å². The van der Waals surface area contributed by atoms with Crippen molar-refractivity contribution in [2.45, 2.75) is 6.92 Å². The third kappa shape index (κ3) is 2.94. The third-order valence-corrected chi connectivity index (χ3v) is 2.52. The van der Waals surface area contributed by atoms with Gasteiger partial charge in [-0.25, -0.2) is 0 Å². The van der Waals surface area contributed by atoms with Crippen molar-refractivity contribution < 1.29 is 29.0 Å². The van der Waals surface area contributed by atoms with Gasteiger partial charge in [-0.2, -0.15) is 0 Å². The second-order valence-corrected chi connectivity index (χ2v) is 3.95. The Morgan fingerprint density at radius 1 is 1.20 bits per heavy atom. The number of aliphatic carboxylic acids is 1. The van der Waals surface area contributed by atoms with E-state index in [-0.39, 0.29) is 23.8 Å². The lowest BCUT2D eigenvalue weighted by atomic mass is 10.1. The Bertz CT molecular complexity index is 620. The highest BCUT2D eigenvalue weighted by Gasteiger charge is 2.19. The van der Waals surface area contributed by atoms with Crippen LogP contribution in [0.1, 0.15) is 17.3 Å². The van der Waals surface area contributed by atoms with Crippen molar-refractivity contribution in [2.24, 2.45) is 0 Å². The van der Waals surface area contributed by atoms with Gasteiger partial charge in [-0.3, -0.25) is 9.59 Å². The molecule has 0 radical (unpaired) electrons. The number of carboxylic acid groups (broad SMARTS) is 1. The Morgan fingerprint density at radius 2 is 1.85 bits per heavy atom. The first-order valence-corrected chi connectivity index (χ1v) is 5.62. The van der Waals surface area contributed by atoms with E-state index in [9.17, 15) is 19.5 Å². The van der Waals surface area contributed by atoms with E-state index in [1.165, 1.54) is 19.1 Å². The van der Waals surface area contributed by atoms with Gasteiger partial charge in [0.2, 0.25) is 12.7 Å². The first-order valence-electron chi connectivity index (χ1n) is 5.62. The van der Waals surface area contributed by atoms with Gasteiger partial charge in [0.05, 0.1) is 11.7 Å². The number of hydrogen-bond donors (Lipinski definition) is 1. The fourth-order valence-corrected chi connectivity index (χ4v) is 1.65. The molecule has 0 spiro atoms. The van der Waals surface area contributed by atoms with Gasteiger partial charge in [-0.05, 0) is 19.1 Å². The lowest BCUT2D eigenvalue weighted by Crippen LogP contribution is -2.20. The molecule has 0 aliphatic carbocycles. The second-order valence-electron chi connectivity index (χ2n) is 3.95. The van der Waals surface area contributed by atoms with Crippen LogP contribution in [-0.4, -0.2) is 24.5 Å². The Hall–Kier alpha value is -2.83. The molecule has 0 unspecified atom stereocenters. The Balaban J connectivity index is 2.28. The van der Waals surface area contributed by atoms with Gasteiger partial charge in [-0.15, -0.1) is 0 Å². The van der Waals surface area contributed by atoms with Crippen LogP contribution in [0.4, 0.5) is 5.69 Å². The molecule has 0 bridgehead atoms. The zero-order valence-electron chi connectivity index (χ0n) is 10.5. The van der Waals surface area contributed by atoms with Gasteiger partial charge in [0.25, 0.3) is 0 Å². The molecule has 0 saturated carbocycles. The van der Waals surface area contributed by atoms with E-state index >= 15 is 0 Å². The van der Waals surface area contributed by atoms with Crippen LogP contribution in [0.3, 0.4) is 0 Å². The van der Waals surface area contributed by atoms with Crippen molar-refractivity contribution in [3.05, 3.63) is 29.8 Å². The fraction of sp³-hybridized carbons (Fsp3) is 0.154.